The van der Waals surface area contributed by atoms with Crippen molar-refractivity contribution in [2.75, 3.05) is 7.11 Å². The van der Waals surface area contributed by atoms with E-state index < -0.39 is 57.5 Å². The minimum Gasteiger partial charge on any atom is -0.469 e. The van der Waals surface area contributed by atoms with Crippen LogP contribution in [0.4, 0.5) is 0 Å². The Hall–Kier alpha value is -1.93. The predicted molar refractivity (Wildman–Crippen MR) is 160 cm³/mol. The predicted octanol–water partition coefficient (Wildman–Crippen LogP) is 5.38. The van der Waals surface area contributed by atoms with Crippen LogP contribution in [0.5, 0.6) is 0 Å². The van der Waals surface area contributed by atoms with Crippen molar-refractivity contribution in [1.82, 2.24) is 0 Å². The molecule has 0 aliphatic heterocycles. The van der Waals surface area contributed by atoms with Crippen molar-refractivity contribution in [3.63, 3.8) is 0 Å². The van der Waals surface area contributed by atoms with Crippen LogP contribution in [-0.4, -0.2) is 59.1 Å². The highest BCUT2D eigenvalue weighted by atomic mass is 16.6. The zero-order chi connectivity index (χ0) is 32.1. The first-order valence-corrected chi connectivity index (χ1v) is 16.3. The lowest BCUT2D eigenvalue weighted by atomic mass is 9.32. The van der Waals surface area contributed by atoms with Crippen molar-refractivity contribution >= 4 is 17.9 Å². The summed E-state index contributed by atoms with van der Waals surface area (Å²) >= 11 is 0. The molecule has 0 radical (unpaired) electrons. The Morgan fingerprint density at radius 2 is 1.53 bits per heavy atom. The first-order chi connectivity index (χ1) is 19.7. The van der Waals surface area contributed by atoms with Crippen LogP contribution in [0.3, 0.4) is 0 Å². The molecule has 5 aliphatic rings. The maximum atomic E-state index is 13.7. The second-order valence-electron chi connectivity index (χ2n) is 16.4. The van der Waals surface area contributed by atoms with Crippen LogP contribution in [0, 0.1) is 50.7 Å². The molecule has 0 heterocycles. The van der Waals surface area contributed by atoms with Gasteiger partial charge in [0.1, 0.15) is 12.2 Å². The van der Waals surface area contributed by atoms with Gasteiger partial charge in [0, 0.05) is 25.7 Å². The lowest BCUT2D eigenvalue weighted by Crippen LogP contribution is -2.71. The Morgan fingerprint density at radius 3 is 2.12 bits per heavy atom. The van der Waals surface area contributed by atoms with E-state index in [4.69, 9.17) is 14.2 Å². The van der Waals surface area contributed by atoms with Crippen LogP contribution in [0.1, 0.15) is 107 Å². The number of ether oxygens (including phenoxy) is 3. The molecule has 5 rings (SSSR count). The number of fused-ring (bicyclic) bond motifs is 7. The third kappa shape index (κ3) is 4.24. The molecule has 4 saturated carbocycles. The van der Waals surface area contributed by atoms with E-state index in [1.807, 2.05) is 6.92 Å². The van der Waals surface area contributed by atoms with Gasteiger partial charge < -0.3 is 24.4 Å². The number of carbonyl (C=O) groups is 3. The van der Waals surface area contributed by atoms with E-state index in [-0.39, 0.29) is 35.1 Å². The van der Waals surface area contributed by atoms with E-state index in [1.165, 1.54) is 21.0 Å². The molecule has 2 N–H and O–H groups in total. The molecule has 0 aromatic heterocycles. The number of rotatable bonds is 3. The van der Waals surface area contributed by atoms with Gasteiger partial charge in [-0.15, -0.1) is 0 Å². The summed E-state index contributed by atoms with van der Waals surface area (Å²) in [5, 5.41) is 23.7. The van der Waals surface area contributed by atoms with Crippen LogP contribution >= 0.6 is 0 Å². The molecule has 0 saturated heterocycles. The fourth-order valence-electron chi connectivity index (χ4n) is 11.8. The van der Waals surface area contributed by atoms with E-state index in [9.17, 15) is 24.6 Å². The van der Waals surface area contributed by atoms with Gasteiger partial charge in [-0.25, -0.2) is 0 Å². The molecule has 0 amide bonds. The second-order valence-corrected chi connectivity index (χ2v) is 16.4. The SMILES string of the molecule is COC(=O)[C@]12CC[C@@H](C)[C@@](C)(O)[C@H]1C1=C[C@@H](OC(C)=O)C3[C@@]4(C)C[C@@H](OC(C)=O)[C@H](O)C(C)(C)C4CC[C@@]3(C)[C@]1(C)CC2. The van der Waals surface area contributed by atoms with Crippen LogP contribution in [-0.2, 0) is 28.6 Å². The summed E-state index contributed by atoms with van der Waals surface area (Å²) in [6, 6.07) is 0. The van der Waals surface area contributed by atoms with Crippen LogP contribution in [0.15, 0.2) is 11.6 Å². The highest BCUT2D eigenvalue weighted by Crippen LogP contribution is 2.76. The topological polar surface area (TPSA) is 119 Å². The van der Waals surface area contributed by atoms with Gasteiger partial charge in [0.05, 0.1) is 24.2 Å². The highest BCUT2D eigenvalue weighted by Gasteiger charge is 2.74. The minimum absolute atomic E-state index is 0.0328. The summed E-state index contributed by atoms with van der Waals surface area (Å²) < 4.78 is 17.5. The van der Waals surface area contributed by atoms with Gasteiger partial charge in [0.25, 0.3) is 0 Å². The Balaban J connectivity index is 1.74. The standard InChI is InChI=1S/C35H54O8/c1-19-11-14-35(29(39)41-10)16-15-32(7)22(26(35)34(19,9)40)17-23(42-20(2)36)27-31(6)18-24(43-21(3)37)28(38)30(4,5)25(31)12-13-33(27,32)8/h17,19,23-28,38,40H,11-16,18H2,1-10H3/t19-,23-,24-,25?,26-,27?,28+,31+,32-,33-,34-,35+/m1/s1. The zero-order valence-corrected chi connectivity index (χ0v) is 27.9. The molecular weight excluding hydrogens is 548 g/mol. The van der Waals surface area contributed by atoms with E-state index in [0.29, 0.717) is 19.3 Å². The summed E-state index contributed by atoms with van der Waals surface area (Å²) in [5.74, 6) is -1.64. The Bertz CT molecular complexity index is 1220. The van der Waals surface area contributed by atoms with Crippen LogP contribution in [0.25, 0.3) is 0 Å². The summed E-state index contributed by atoms with van der Waals surface area (Å²) in [6.45, 7) is 17.7. The fraction of sp³-hybridized carbons (Fsp3) is 0.857. The average Bonchev–Trinajstić information content (AvgIpc) is 2.89. The first kappa shape index (κ1) is 32.5. The number of methoxy groups -OCH3 is 1. The Labute approximate surface area is 257 Å². The smallest absolute Gasteiger partial charge is 0.312 e. The molecular formula is C35H54O8. The summed E-state index contributed by atoms with van der Waals surface area (Å²) in [4.78, 5) is 38.6. The summed E-state index contributed by atoms with van der Waals surface area (Å²) in [6.07, 6.45) is 4.88. The molecule has 2 unspecified atom stereocenters. The van der Waals surface area contributed by atoms with Gasteiger partial charge in [0.2, 0.25) is 0 Å². The molecule has 242 valence electrons. The summed E-state index contributed by atoms with van der Waals surface area (Å²) in [7, 11) is 1.43. The Morgan fingerprint density at radius 1 is 0.907 bits per heavy atom. The maximum Gasteiger partial charge on any atom is 0.312 e. The third-order valence-electron chi connectivity index (χ3n) is 14.1. The van der Waals surface area contributed by atoms with Gasteiger partial charge in [0.15, 0.2) is 0 Å². The van der Waals surface area contributed by atoms with Gasteiger partial charge in [-0.3, -0.25) is 14.4 Å². The van der Waals surface area contributed by atoms with Crippen LogP contribution < -0.4 is 0 Å². The minimum atomic E-state index is -1.16. The lowest BCUT2D eigenvalue weighted by molar-refractivity contribution is -0.257. The molecule has 8 nitrogen and oxygen atoms in total. The van der Waals surface area contributed by atoms with E-state index in [0.717, 1.165) is 31.3 Å². The molecule has 43 heavy (non-hydrogen) atoms. The quantitative estimate of drug-likeness (QED) is 0.251. The van der Waals surface area contributed by atoms with Crippen LogP contribution in [0.2, 0.25) is 0 Å². The molecule has 4 fully saturated rings. The molecule has 5 aliphatic carbocycles. The van der Waals surface area contributed by atoms with Crippen molar-refractivity contribution in [1.29, 1.82) is 0 Å². The molecule has 12 atom stereocenters. The molecule has 0 bridgehead atoms. The first-order valence-electron chi connectivity index (χ1n) is 16.3. The molecule has 0 aromatic rings. The van der Waals surface area contributed by atoms with E-state index in [2.05, 4.69) is 47.6 Å². The van der Waals surface area contributed by atoms with E-state index >= 15 is 0 Å². The zero-order valence-electron chi connectivity index (χ0n) is 27.9. The van der Waals surface area contributed by atoms with Crippen molar-refractivity contribution in [2.24, 2.45) is 50.7 Å². The van der Waals surface area contributed by atoms with Gasteiger partial charge >= 0.3 is 17.9 Å². The molecule has 0 spiro atoms. The molecule has 8 heteroatoms. The van der Waals surface area contributed by atoms with Gasteiger partial charge in [-0.1, -0.05) is 47.1 Å². The van der Waals surface area contributed by atoms with E-state index in [1.54, 1.807) is 0 Å². The largest absolute Gasteiger partial charge is 0.469 e. The number of aliphatic hydroxyl groups excluding tert-OH is 1. The average molecular weight is 603 g/mol. The monoisotopic (exact) mass is 602 g/mol. The second kappa shape index (κ2) is 10.0. The number of esters is 3. The van der Waals surface area contributed by atoms with Crippen molar-refractivity contribution in [3.8, 4) is 0 Å². The number of aliphatic hydroxyl groups is 2. The number of hydrogen-bond acceptors (Lipinski definition) is 8. The highest BCUT2D eigenvalue weighted by molar-refractivity contribution is 5.79. The number of carbonyl (C=O) groups excluding carboxylic acids is 3. The summed E-state index contributed by atoms with van der Waals surface area (Å²) in [5.41, 5.74) is -2.76. The lowest BCUT2D eigenvalue weighted by Gasteiger charge is -2.72. The number of hydrogen-bond donors (Lipinski definition) is 2. The van der Waals surface area contributed by atoms with Gasteiger partial charge in [-0.2, -0.15) is 0 Å². The normalized spacial score (nSPS) is 50.0. The van der Waals surface area contributed by atoms with Crippen molar-refractivity contribution in [2.45, 2.75) is 131 Å². The molecule has 0 aromatic carbocycles. The fourth-order valence-corrected chi connectivity index (χ4v) is 11.8. The van der Waals surface area contributed by atoms with Crippen molar-refractivity contribution in [3.05, 3.63) is 11.6 Å². The maximum absolute atomic E-state index is 13.7. The Kier molecular flexibility index (Phi) is 7.58. The third-order valence-corrected chi connectivity index (χ3v) is 14.1. The van der Waals surface area contributed by atoms with Gasteiger partial charge in [-0.05, 0) is 91.4 Å². The van der Waals surface area contributed by atoms with Crippen molar-refractivity contribution < 1.29 is 38.8 Å².